The van der Waals surface area contributed by atoms with E-state index in [-0.39, 0.29) is 5.54 Å². The fourth-order valence-corrected chi connectivity index (χ4v) is 1.90. The molecule has 0 radical (unpaired) electrons. The number of aliphatic hydroxyl groups is 1. The molecule has 0 atom stereocenters. The maximum atomic E-state index is 10.0. The topological polar surface area (TPSA) is 50.7 Å². The van der Waals surface area contributed by atoms with Crippen LogP contribution in [-0.2, 0) is 9.39 Å². The molecular weight excluding hydrogens is 217 g/mol. The lowest BCUT2D eigenvalue weighted by molar-refractivity contribution is -0.0913. The van der Waals surface area contributed by atoms with Gasteiger partial charge in [-0.25, -0.2) is 0 Å². The van der Waals surface area contributed by atoms with E-state index in [9.17, 15) is 5.11 Å². The van der Waals surface area contributed by atoms with Gasteiger partial charge in [0, 0.05) is 6.54 Å². The van der Waals surface area contributed by atoms with Crippen molar-refractivity contribution in [2.45, 2.75) is 44.4 Å². The van der Waals surface area contributed by atoms with Crippen LogP contribution in [0.2, 0.25) is 0 Å². The van der Waals surface area contributed by atoms with Crippen molar-refractivity contribution in [3.63, 3.8) is 0 Å². The van der Waals surface area contributed by atoms with Gasteiger partial charge in [0.15, 0.2) is 0 Å². The zero-order chi connectivity index (χ0) is 12.7. The second-order valence-electron chi connectivity index (χ2n) is 6.04. The van der Waals surface area contributed by atoms with Crippen LogP contribution in [0.4, 0.5) is 0 Å². The molecule has 5 heteroatoms. The van der Waals surface area contributed by atoms with Crippen molar-refractivity contribution in [1.82, 2.24) is 5.32 Å². The first-order valence-electron chi connectivity index (χ1n) is 6.15. The van der Waals surface area contributed by atoms with Gasteiger partial charge in [-0.1, -0.05) is 11.5 Å². The van der Waals surface area contributed by atoms with Crippen LogP contribution in [0.3, 0.4) is 0 Å². The molecule has 0 saturated carbocycles. The van der Waals surface area contributed by atoms with Gasteiger partial charge in [-0.15, -0.1) is 0 Å². The van der Waals surface area contributed by atoms with E-state index in [1.54, 1.807) is 13.8 Å². The SMILES string of the molecule is CC(C)(O)C(C)(C)OBC1=CCNC12COC2. The lowest BCUT2D eigenvalue weighted by Gasteiger charge is -2.43. The average molecular weight is 239 g/mol. The van der Waals surface area contributed by atoms with E-state index in [0.29, 0.717) is 7.48 Å². The minimum atomic E-state index is -0.858. The summed E-state index contributed by atoms with van der Waals surface area (Å²) in [4.78, 5) is 0. The van der Waals surface area contributed by atoms with Crippen molar-refractivity contribution in [2.24, 2.45) is 0 Å². The highest BCUT2D eigenvalue weighted by atomic mass is 16.5. The second-order valence-corrected chi connectivity index (χ2v) is 6.04. The largest absolute Gasteiger partial charge is 0.427 e. The molecule has 17 heavy (non-hydrogen) atoms. The standard InChI is InChI=1S/C12H22BNO3/c1-10(2,15)11(3,4)17-13-9-5-6-14-12(9)7-16-8-12/h5,13-15H,6-8H2,1-4H3. The lowest BCUT2D eigenvalue weighted by atomic mass is 9.71. The first-order valence-corrected chi connectivity index (χ1v) is 6.15. The Morgan fingerprint density at radius 1 is 1.41 bits per heavy atom. The zero-order valence-corrected chi connectivity index (χ0v) is 11.2. The molecule has 2 N–H and O–H groups in total. The summed E-state index contributed by atoms with van der Waals surface area (Å²) in [6.45, 7) is 9.72. The predicted octanol–water partition coefficient (Wildman–Crippen LogP) is 0.160. The van der Waals surface area contributed by atoms with E-state index in [1.165, 1.54) is 5.47 Å². The number of hydrogen-bond acceptors (Lipinski definition) is 4. The summed E-state index contributed by atoms with van der Waals surface area (Å²) in [5, 5.41) is 13.5. The van der Waals surface area contributed by atoms with Crippen LogP contribution in [0.25, 0.3) is 0 Å². The van der Waals surface area contributed by atoms with Crippen LogP contribution in [0, 0.1) is 0 Å². The first-order chi connectivity index (χ1) is 7.77. The minimum Gasteiger partial charge on any atom is -0.427 e. The highest BCUT2D eigenvalue weighted by Gasteiger charge is 2.45. The molecule has 96 valence electrons. The highest BCUT2D eigenvalue weighted by molar-refractivity contribution is 6.39. The summed E-state index contributed by atoms with van der Waals surface area (Å²) in [7, 11) is 0.549. The Bertz CT molecular complexity index is 329. The summed E-state index contributed by atoms with van der Waals surface area (Å²) in [5.74, 6) is 0. The normalized spacial score (nSPS) is 23.5. The van der Waals surface area contributed by atoms with Crippen molar-refractivity contribution in [1.29, 1.82) is 0 Å². The zero-order valence-electron chi connectivity index (χ0n) is 11.2. The Morgan fingerprint density at radius 3 is 2.53 bits per heavy atom. The van der Waals surface area contributed by atoms with Gasteiger partial charge in [0.2, 0.25) is 0 Å². The molecule has 2 aliphatic rings. The molecule has 2 heterocycles. The summed E-state index contributed by atoms with van der Waals surface area (Å²) < 4.78 is 11.2. The van der Waals surface area contributed by atoms with Crippen LogP contribution in [0.15, 0.2) is 11.5 Å². The Labute approximate surface area is 104 Å². The number of hydrogen-bond donors (Lipinski definition) is 2. The molecule has 1 saturated heterocycles. The number of ether oxygens (including phenoxy) is 1. The Kier molecular flexibility index (Phi) is 3.15. The average Bonchev–Trinajstić information content (AvgIpc) is 2.55. The summed E-state index contributed by atoms with van der Waals surface area (Å²) >= 11 is 0. The van der Waals surface area contributed by atoms with Crippen molar-refractivity contribution in [3.05, 3.63) is 11.5 Å². The quantitative estimate of drug-likeness (QED) is 0.686. The Hall–Kier alpha value is -0.355. The maximum Gasteiger partial charge on any atom is 0.307 e. The second kappa shape index (κ2) is 4.09. The third kappa shape index (κ3) is 2.29. The Balaban J connectivity index is 1.95. The molecule has 1 fully saturated rings. The van der Waals surface area contributed by atoms with Gasteiger partial charge in [-0.3, -0.25) is 0 Å². The molecule has 2 rings (SSSR count). The van der Waals surface area contributed by atoms with Crippen molar-refractivity contribution in [3.8, 4) is 0 Å². The van der Waals surface area contributed by atoms with Crippen LogP contribution in [0.5, 0.6) is 0 Å². The van der Waals surface area contributed by atoms with Crippen LogP contribution in [-0.4, -0.2) is 49.1 Å². The van der Waals surface area contributed by atoms with Gasteiger partial charge in [-0.2, -0.15) is 0 Å². The Morgan fingerprint density at radius 2 is 2.06 bits per heavy atom. The molecule has 4 nitrogen and oxygen atoms in total. The van der Waals surface area contributed by atoms with Gasteiger partial charge in [-0.05, 0) is 27.7 Å². The maximum absolute atomic E-state index is 10.0. The summed E-state index contributed by atoms with van der Waals surface area (Å²) in [5.41, 5.74) is -0.165. The summed E-state index contributed by atoms with van der Waals surface area (Å²) in [6.07, 6.45) is 2.17. The van der Waals surface area contributed by atoms with Crippen LogP contribution < -0.4 is 5.32 Å². The predicted molar refractivity (Wildman–Crippen MR) is 68.2 cm³/mol. The van der Waals surface area contributed by atoms with Gasteiger partial charge in [0.25, 0.3) is 0 Å². The smallest absolute Gasteiger partial charge is 0.307 e. The van der Waals surface area contributed by atoms with E-state index in [4.69, 9.17) is 9.39 Å². The van der Waals surface area contributed by atoms with E-state index in [0.717, 1.165) is 19.8 Å². The van der Waals surface area contributed by atoms with E-state index >= 15 is 0 Å². The van der Waals surface area contributed by atoms with Crippen molar-refractivity contribution >= 4 is 7.48 Å². The highest BCUT2D eigenvalue weighted by Crippen LogP contribution is 2.31. The molecular formula is C12H22BNO3. The lowest BCUT2D eigenvalue weighted by Crippen LogP contribution is -2.60. The molecule has 0 aromatic heterocycles. The number of nitrogens with one attached hydrogen (secondary N) is 1. The van der Waals surface area contributed by atoms with Crippen LogP contribution in [0.1, 0.15) is 27.7 Å². The summed E-state index contributed by atoms with van der Waals surface area (Å²) in [6, 6.07) is 0. The minimum absolute atomic E-state index is 0.00960. The third-order valence-corrected chi connectivity index (χ3v) is 4.16. The molecule has 0 aliphatic carbocycles. The molecule has 0 aromatic rings. The van der Waals surface area contributed by atoms with Gasteiger partial charge >= 0.3 is 7.48 Å². The third-order valence-electron chi connectivity index (χ3n) is 4.16. The van der Waals surface area contributed by atoms with Gasteiger partial charge in [0.05, 0.1) is 30.0 Å². The number of rotatable bonds is 4. The van der Waals surface area contributed by atoms with E-state index in [2.05, 4.69) is 11.4 Å². The molecule has 2 aliphatic heterocycles. The molecule has 0 bridgehead atoms. The molecule has 0 amide bonds. The van der Waals surface area contributed by atoms with Crippen molar-refractivity contribution < 1.29 is 14.5 Å². The fourth-order valence-electron chi connectivity index (χ4n) is 1.90. The van der Waals surface area contributed by atoms with Crippen LogP contribution >= 0.6 is 0 Å². The van der Waals surface area contributed by atoms with E-state index in [1.807, 2.05) is 13.8 Å². The van der Waals surface area contributed by atoms with Gasteiger partial charge < -0.3 is 19.8 Å². The fraction of sp³-hybridized carbons (Fsp3) is 0.833. The first kappa shape index (κ1) is 13.1. The van der Waals surface area contributed by atoms with E-state index < -0.39 is 11.2 Å². The van der Waals surface area contributed by atoms with Gasteiger partial charge in [0.1, 0.15) is 0 Å². The molecule has 0 unspecified atom stereocenters. The molecule has 1 spiro atoms. The monoisotopic (exact) mass is 239 g/mol. The van der Waals surface area contributed by atoms with Crippen molar-refractivity contribution in [2.75, 3.05) is 19.8 Å². The molecule has 0 aromatic carbocycles.